The van der Waals surface area contributed by atoms with E-state index in [0.29, 0.717) is 17.4 Å². The molecular formula is C16H18N4. The van der Waals surface area contributed by atoms with E-state index in [1.807, 2.05) is 24.3 Å². The fourth-order valence-corrected chi connectivity index (χ4v) is 1.69. The number of nitrogens with zero attached hydrogens (tertiary/aromatic N) is 3. The number of pyridine rings is 1. The van der Waals surface area contributed by atoms with Crippen molar-refractivity contribution in [3.05, 3.63) is 65.5 Å². The highest BCUT2D eigenvalue weighted by Gasteiger charge is 1.98. The monoisotopic (exact) mass is 266 g/mol. The fourth-order valence-electron chi connectivity index (χ4n) is 1.69. The van der Waals surface area contributed by atoms with Crippen molar-refractivity contribution in [2.75, 3.05) is 0 Å². The lowest BCUT2D eigenvalue weighted by Gasteiger charge is -2.04. The van der Waals surface area contributed by atoms with Crippen LogP contribution in [0.3, 0.4) is 0 Å². The highest BCUT2D eigenvalue weighted by molar-refractivity contribution is 5.95. The minimum Gasteiger partial charge on any atom is -0.380 e. The van der Waals surface area contributed by atoms with Crippen LogP contribution in [-0.2, 0) is 0 Å². The minimum atomic E-state index is 0.306. The van der Waals surface area contributed by atoms with Crippen LogP contribution in [0.5, 0.6) is 0 Å². The molecule has 1 heterocycles. The Morgan fingerprint density at radius 2 is 1.90 bits per heavy atom. The van der Waals surface area contributed by atoms with Gasteiger partial charge in [0.1, 0.15) is 5.69 Å². The number of amidine groups is 1. The van der Waals surface area contributed by atoms with Gasteiger partial charge in [0.2, 0.25) is 0 Å². The van der Waals surface area contributed by atoms with Gasteiger partial charge in [-0.05, 0) is 29.2 Å². The molecule has 0 saturated carbocycles. The molecule has 0 radical (unpaired) electrons. The van der Waals surface area contributed by atoms with Gasteiger partial charge in [0.15, 0.2) is 5.84 Å². The second-order valence-corrected chi connectivity index (χ2v) is 4.77. The van der Waals surface area contributed by atoms with Crippen LogP contribution in [0.25, 0.3) is 0 Å². The van der Waals surface area contributed by atoms with Crippen LogP contribution in [0.1, 0.15) is 36.6 Å². The van der Waals surface area contributed by atoms with Gasteiger partial charge in [0.25, 0.3) is 0 Å². The highest BCUT2D eigenvalue weighted by atomic mass is 15.2. The molecule has 0 bridgehead atoms. The Balaban J connectivity index is 2.06. The third kappa shape index (κ3) is 3.75. The van der Waals surface area contributed by atoms with E-state index in [1.54, 1.807) is 18.5 Å². The van der Waals surface area contributed by atoms with E-state index in [-0.39, 0.29) is 0 Å². The first-order valence-electron chi connectivity index (χ1n) is 6.54. The lowest BCUT2D eigenvalue weighted by Crippen LogP contribution is -2.14. The van der Waals surface area contributed by atoms with E-state index < -0.39 is 0 Å². The molecule has 0 saturated heterocycles. The Labute approximate surface area is 119 Å². The maximum atomic E-state index is 5.80. The summed E-state index contributed by atoms with van der Waals surface area (Å²) < 4.78 is 0. The predicted octanol–water partition coefficient (Wildman–Crippen LogP) is 2.94. The molecule has 4 heteroatoms. The van der Waals surface area contributed by atoms with Crippen LogP contribution in [0, 0.1) is 0 Å². The lowest BCUT2D eigenvalue weighted by atomic mass is 10.0. The third-order valence-corrected chi connectivity index (χ3v) is 2.90. The number of rotatable bonds is 4. The molecule has 0 atom stereocenters. The highest BCUT2D eigenvalue weighted by Crippen LogP contribution is 2.13. The molecule has 0 aliphatic heterocycles. The molecule has 2 N–H and O–H groups in total. The number of nitrogens with two attached hydrogens (primary N) is 1. The van der Waals surface area contributed by atoms with E-state index in [4.69, 9.17) is 5.73 Å². The van der Waals surface area contributed by atoms with E-state index in [9.17, 15) is 0 Å². The molecule has 0 unspecified atom stereocenters. The Hall–Kier alpha value is -2.49. The Bertz CT molecular complexity index is 598. The van der Waals surface area contributed by atoms with Crippen molar-refractivity contribution < 1.29 is 0 Å². The number of benzene rings is 1. The molecule has 0 aliphatic rings. The molecule has 1 aromatic heterocycles. The number of hydrogen-bond donors (Lipinski definition) is 1. The molecule has 0 aliphatic carbocycles. The standard InChI is InChI=1S/C16H18N4/c1-12(2)14-8-6-13(7-9-14)11-19-20-16(17)15-5-3-4-10-18-15/h3-12H,1-2H3,(H2,17,20)/b19-11+. The first kappa shape index (κ1) is 13.9. The second-order valence-electron chi connectivity index (χ2n) is 4.77. The summed E-state index contributed by atoms with van der Waals surface area (Å²) in [4.78, 5) is 4.11. The van der Waals surface area contributed by atoms with Crippen LogP contribution in [-0.4, -0.2) is 17.0 Å². The number of hydrogen-bond acceptors (Lipinski definition) is 3. The van der Waals surface area contributed by atoms with Crippen molar-refractivity contribution in [1.29, 1.82) is 0 Å². The molecule has 4 nitrogen and oxygen atoms in total. The van der Waals surface area contributed by atoms with Crippen molar-refractivity contribution in [3.8, 4) is 0 Å². The van der Waals surface area contributed by atoms with Crippen LogP contribution in [0.2, 0.25) is 0 Å². The van der Waals surface area contributed by atoms with Crippen LogP contribution < -0.4 is 5.73 Å². The molecular weight excluding hydrogens is 248 g/mol. The fraction of sp³-hybridized carbons (Fsp3) is 0.188. The topological polar surface area (TPSA) is 63.6 Å². The maximum Gasteiger partial charge on any atom is 0.171 e. The summed E-state index contributed by atoms with van der Waals surface area (Å²) in [6.07, 6.45) is 3.35. The summed E-state index contributed by atoms with van der Waals surface area (Å²) in [5, 5.41) is 7.94. The summed E-state index contributed by atoms with van der Waals surface area (Å²) >= 11 is 0. The smallest absolute Gasteiger partial charge is 0.171 e. The first-order chi connectivity index (χ1) is 9.66. The summed E-state index contributed by atoms with van der Waals surface area (Å²) in [7, 11) is 0. The zero-order chi connectivity index (χ0) is 14.4. The van der Waals surface area contributed by atoms with Crippen LogP contribution in [0.15, 0.2) is 58.9 Å². The zero-order valence-corrected chi connectivity index (χ0v) is 11.7. The third-order valence-electron chi connectivity index (χ3n) is 2.90. The first-order valence-corrected chi connectivity index (χ1v) is 6.54. The molecule has 2 aromatic rings. The van der Waals surface area contributed by atoms with Crippen molar-refractivity contribution in [3.63, 3.8) is 0 Å². The molecule has 0 spiro atoms. The van der Waals surface area contributed by atoms with Crippen molar-refractivity contribution in [2.24, 2.45) is 15.9 Å². The van der Waals surface area contributed by atoms with E-state index in [1.165, 1.54) is 5.56 Å². The van der Waals surface area contributed by atoms with Gasteiger partial charge in [-0.3, -0.25) is 4.98 Å². The van der Waals surface area contributed by atoms with E-state index in [2.05, 4.69) is 41.2 Å². The normalized spacial score (nSPS) is 12.2. The van der Waals surface area contributed by atoms with Crippen molar-refractivity contribution >= 4 is 12.1 Å². The molecule has 0 amide bonds. The van der Waals surface area contributed by atoms with Gasteiger partial charge >= 0.3 is 0 Å². The average molecular weight is 266 g/mol. The van der Waals surface area contributed by atoms with Gasteiger partial charge in [-0.2, -0.15) is 5.10 Å². The Morgan fingerprint density at radius 1 is 1.15 bits per heavy atom. The zero-order valence-electron chi connectivity index (χ0n) is 11.7. The van der Waals surface area contributed by atoms with Gasteiger partial charge in [-0.15, -0.1) is 5.10 Å². The van der Waals surface area contributed by atoms with Gasteiger partial charge in [-0.1, -0.05) is 44.2 Å². The van der Waals surface area contributed by atoms with Crippen LogP contribution in [0.4, 0.5) is 0 Å². The Morgan fingerprint density at radius 3 is 2.50 bits per heavy atom. The summed E-state index contributed by atoms with van der Waals surface area (Å²) in [6, 6.07) is 13.7. The van der Waals surface area contributed by atoms with Crippen molar-refractivity contribution in [2.45, 2.75) is 19.8 Å². The minimum absolute atomic E-state index is 0.306. The molecule has 1 aromatic carbocycles. The van der Waals surface area contributed by atoms with Gasteiger partial charge < -0.3 is 5.73 Å². The predicted molar refractivity (Wildman–Crippen MR) is 83.1 cm³/mol. The van der Waals surface area contributed by atoms with Crippen molar-refractivity contribution in [1.82, 2.24) is 4.98 Å². The van der Waals surface area contributed by atoms with E-state index in [0.717, 1.165) is 5.56 Å². The lowest BCUT2D eigenvalue weighted by molar-refractivity contribution is 0.866. The number of aromatic nitrogens is 1. The van der Waals surface area contributed by atoms with Gasteiger partial charge in [0, 0.05) is 6.20 Å². The van der Waals surface area contributed by atoms with Gasteiger partial charge in [-0.25, -0.2) is 0 Å². The van der Waals surface area contributed by atoms with E-state index >= 15 is 0 Å². The average Bonchev–Trinajstić information content (AvgIpc) is 2.48. The quantitative estimate of drug-likeness (QED) is 0.525. The summed E-state index contributed by atoms with van der Waals surface area (Å²) in [5.41, 5.74) is 8.72. The van der Waals surface area contributed by atoms with Crippen LogP contribution >= 0.6 is 0 Å². The summed E-state index contributed by atoms with van der Waals surface area (Å²) in [6.45, 7) is 4.34. The second kappa shape index (κ2) is 6.61. The molecule has 0 fully saturated rings. The Kier molecular flexibility index (Phi) is 4.60. The SMILES string of the molecule is CC(C)c1ccc(/C=N/N=C(\N)c2ccccn2)cc1. The van der Waals surface area contributed by atoms with Gasteiger partial charge in [0.05, 0.1) is 6.21 Å². The molecule has 2 rings (SSSR count). The summed E-state index contributed by atoms with van der Waals surface area (Å²) in [5.74, 6) is 0.833. The molecule has 102 valence electrons. The molecule has 20 heavy (non-hydrogen) atoms. The maximum absolute atomic E-state index is 5.80. The largest absolute Gasteiger partial charge is 0.380 e.